The largest absolute Gasteiger partial charge is 0.494 e. The van der Waals surface area contributed by atoms with Crippen LogP contribution in [0.3, 0.4) is 0 Å². The van der Waals surface area contributed by atoms with Crippen LogP contribution in [0.15, 0.2) is 47.3 Å². The standard InChI is InChI=1S/C28H30N2O5/c1-17-21(16-29)26(32)30(14-13-18-7-12-22(34-5)23(15-18)35-6)27(33)24(17)25(31)19-8-10-20(11-9-19)28(2,3)4/h7-12,15,33H,13-14H2,1-6H3. The third kappa shape index (κ3) is 5.07. The van der Waals surface area contributed by atoms with E-state index in [1.807, 2.05) is 24.3 Å². The van der Waals surface area contributed by atoms with Gasteiger partial charge in [0.2, 0.25) is 5.88 Å². The normalized spacial score (nSPS) is 11.1. The Balaban J connectivity index is 2.03. The highest BCUT2D eigenvalue weighted by molar-refractivity contribution is 6.11. The quantitative estimate of drug-likeness (QED) is 0.505. The number of carbonyl (C=O) groups excluding carboxylic acids is 1. The lowest BCUT2D eigenvalue weighted by atomic mass is 9.86. The average Bonchev–Trinajstić information content (AvgIpc) is 2.83. The number of nitrogens with zero attached hydrogens (tertiary/aromatic N) is 2. The average molecular weight is 475 g/mol. The number of hydrogen-bond acceptors (Lipinski definition) is 6. The van der Waals surface area contributed by atoms with Crippen molar-refractivity contribution in [2.75, 3.05) is 14.2 Å². The highest BCUT2D eigenvalue weighted by Gasteiger charge is 2.25. The van der Waals surface area contributed by atoms with E-state index in [0.717, 1.165) is 15.7 Å². The monoisotopic (exact) mass is 474 g/mol. The smallest absolute Gasteiger partial charge is 0.271 e. The third-order valence-corrected chi connectivity index (χ3v) is 6.11. The minimum Gasteiger partial charge on any atom is -0.494 e. The molecule has 7 heteroatoms. The highest BCUT2D eigenvalue weighted by atomic mass is 16.5. The van der Waals surface area contributed by atoms with Crippen LogP contribution in [0.4, 0.5) is 0 Å². The molecule has 0 fully saturated rings. The minimum atomic E-state index is -0.636. The van der Waals surface area contributed by atoms with Crippen molar-refractivity contribution in [1.29, 1.82) is 5.26 Å². The maximum absolute atomic E-state index is 13.4. The Morgan fingerprint density at radius 3 is 2.23 bits per heavy atom. The van der Waals surface area contributed by atoms with Gasteiger partial charge in [0, 0.05) is 12.1 Å². The van der Waals surface area contributed by atoms with Gasteiger partial charge in [0.15, 0.2) is 17.3 Å². The van der Waals surface area contributed by atoms with Crippen LogP contribution in [0.25, 0.3) is 0 Å². The number of hydrogen-bond donors (Lipinski definition) is 1. The first-order chi connectivity index (χ1) is 16.5. The maximum Gasteiger partial charge on any atom is 0.271 e. The molecule has 0 saturated heterocycles. The molecule has 1 heterocycles. The van der Waals surface area contributed by atoms with E-state index in [4.69, 9.17) is 9.47 Å². The highest BCUT2D eigenvalue weighted by Crippen LogP contribution is 2.29. The van der Waals surface area contributed by atoms with Gasteiger partial charge in [-0.15, -0.1) is 0 Å². The van der Waals surface area contributed by atoms with Crippen molar-refractivity contribution in [3.8, 4) is 23.4 Å². The van der Waals surface area contributed by atoms with Gasteiger partial charge in [-0.05, 0) is 47.6 Å². The number of aromatic nitrogens is 1. The van der Waals surface area contributed by atoms with E-state index in [1.165, 1.54) is 14.0 Å². The lowest BCUT2D eigenvalue weighted by Crippen LogP contribution is -2.27. The van der Waals surface area contributed by atoms with Gasteiger partial charge >= 0.3 is 0 Å². The molecule has 0 unspecified atom stereocenters. The molecule has 35 heavy (non-hydrogen) atoms. The lowest BCUT2D eigenvalue weighted by Gasteiger charge is -2.19. The van der Waals surface area contributed by atoms with Crippen molar-refractivity contribution in [2.24, 2.45) is 0 Å². The molecule has 3 aromatic rings. The summed E-state index contributed by atoms with van der Waals surface area (Å²) in [5.74, 6) is 0.218. The molecular formula is C28H30N2O5. The van der Waals surface area contributed by atoms with Gasteiger partial charge in [-0.2, -0.15) is 5.26 Å². The predicted octanol–water partition coefficient (Wildman–Crippen LogP) is 4.52. The van der Waals surface area contributed by atoms with Gasteiger partial charge in [0.25, 0.3) is 5.56 Å². The van der Waals surface area contributed by atoms with E-state index in [9.17, 15) is 20.0 Å². The van der Waals surface area contributed by atoms with Crippen molar-refractivity contribution in [2.45, 2.75) is 46.1 Å². The van der Waals surface area contributed by atoms with E-state index in [-0.39, 0.29) is 28.7 Å². The Labute approximate surface area is 205 Å². The number of nitriles is 1. The third-order valence-electron chi connectivity index (χ3n) is 6.11. The zero-order chi connectivity index (χ0) is 25.9. The molecule has 1 N–H and O–H groups in total. The van der Waals surface area contributed by atoms with Gasteiger partial charge in [0.05, 0.1) is 19.8 Å². The molecule has 0 radical (unpaired) electrons. The SMILES string of the molecule is COc1ccc(CCn2c(O)c(C(=O)c3ccc(C(C)(C)C)cc3)c(C)c(C#N)c2=O)cc1OC. The molecule has 0 saturated carbocycles. The summed E-state index contributed by atoms with van der Waals surface area (Å²) in [6.45, 7) is 7.81. The first-order valence-corrected chi connectivity index (χ1v) is 11.3. The number of pyridine rings is 1. The summed E-state index contributed by atoms with van der Waals surface area (Å²) in [6.07, 6.45) is 0.357. The summed E-state index contributed by atoms with van der Waals surface area (Å²) < 4.78 is 11.7. The van der Waals surface area contributed by atoms with Gasteiger partial charge in [-0.1, -0.05) is 51.1 Å². The summed E-state index contributed by atoms with van der Waals surface area (Å²) in [5.41, 5.74) is 1.51. The second-order valence-corrected chi connectivity index (χ2v) is 9.36. The minimum absolute atomic E-state index is 0.0445. The number of aryl methyl sites for hydroxylation is 1. The van der Waals surface area contributed by atoms with Gasteiger partial charge in [0.1, 0.15) is 11.6 Å². The van der Waals surface area contributed by atoms with Crippen LogP contribution in [-0.2, 0) is 18.4 Å². The molecule has 0 spiro atoms. The second-order valence-electron chi connectivity index (χ2n) is 9.36. The first kappa shape index (κ1) is 25.6. The predicted molar refractivity (Wildman–Crippen MR) is 134 cm³/mol. The molecule has 2 aromatic carbocycles. The van der Waals surface area contributed by atoms with E-state index in [1.54, 1.807) is 31.4 Å². The van der Waals surface area contributed by atoms with Crippen molar-refractivity contribution in [1.82, 2.24) is 4.57 Å². The van der Waals surface area contributed by atoms with Crippen molar-refractivity contribution in [3.63, 3.8) is 0 Å². The van der Waals surface area contributed by atoms with Crippen molar-refractivity contribution in [3.05, 3.63) is 86.2 Å². The van der Waals surface area contributed by atoms with Crippen LogP contribution in [-0.4, -0.2) is 29.7 Å². The molecule has 0 aliphatic heterocycles. The van der Waals surface area contributed by atoms with Gasteiger partial charge in [-0.3, -0.25) is 14.2 Å². The molecule has 7 nitrogen and oxygen atoms in total. The fraction of sp³-hybridized carbons (Fsp3) is 0.321. The zero-order valence-electron chi connectivity index (χ0n) is 20.9. The Hall–Kier alpha value is -4.05. The fourth-order valence-corrected chi connectivity index (χ4v) is 3.97. The summed E-state index contributed by atoms with van der Waals surface area (Å²) in [5, 5.41) is 20.7. The Morgan fingerprint density at radius 1 is 1.06 bits per heavy atom. The number of methoxy groups -OCH3 is 2. The Morgan fingerprint density at radius 2 is 1.69 bits per heavy atom. The van der Waals surface area contributed by atoms with Crippen molar-refractivity contribution >= 4 is 5.78 Å². The number of rotatable bonds is 7. The molecule has 182 valence electrons. The summed E-state index contributed by atoms with van der Waals surface area (Å²) >= 11 is 0. The number of ether oxygens (including phenoxy) is 2. The van der Waals surface area contributed by atoms with Crippen LogP contribution in [0, 0.1) is 18.3 Å². The Bertz CT molecular complexity index is 1360. The number of ketones is 1. The summed E-state index contributed by atoms with van der Waals surface area (Å²) in [4.78, 5) is 26.4. The molecule has 0 aliphatic carbocycles. The first-order valence-electron chi connectivity index (χ1n) is 11.3. The van der Waals surface area contributed by atoms with Crippen molar-refractivity contribution < 1.29 is 19.4 Å². The van der Waals surface area contributed by atoms with E-state index < -0.39 is 17.2 Å². The van der Waals surface area contributed by atoms with E-state index in [0.29, 0.717) is 23.5 Å². The maximum atomic E-state index is 13.4. The second kappa shape index (κ2) is 10.1. The molecule has 0 aliphatic rings. The van der Waals surface area contributed by atoms with Gasteiger partial charge < -0.3 is 14.6 Å². The number of benzene rings is 2. The number of aromatic hydroxyl groups is 1. The van der Waals surface area contributed by atoms with Crippen LogP contribution in [0.2, 0.25) is 0 Å². The molecule has 1 aromatic heterocycles. The van der Waals surface area contributed by atoms with Crippen LogP contribution >= 0.6 is 0 Å². The van der Waals surface area contributed by atoms with Crippen LogP contribution in [0.1, 0.15) is 58.9 Å². The zero-order valence-corrected chi connectivity index (χ0v) is 20.9. The molecular weight excluding hydrogens is 444 g/mol. The lowest BCUT2D eigenvalue weighted by molar-refractivity contribution is 0.103. The fourth-order valence-electron chi connectivity index (χ4n) is 3.97. The summed E-state index contributed by atoms with van der Waals surface area (Å²) in [7, 11) is 3.07. The van der Waals surface area contributed by atoms with E-state index in [2.05, 4.69) is 20.8 Å². The molecule has 3 rings (SSSR count). The molecule has 0 bridgehead atoms. The van der Waals surface area contributed by atoms with E-state index >= 15 is 0 Å². The topological polar surface area (TPSA) is 102 Å². The van der Waals surface area contributed by atoms with Crippen LogP contribution in [0.5, 0.6) is 17.4 Å². The molecule has 0 amide bonds. The van der Waals surface area contributed by atoms with Gasteiger partial charge in [-0.25, -0.2) is 0 Å². The Kier molecular flexibility index (Phi) is 7.35. The van der Waals surface area contributed by atoms with Crippen LogP contribution < -0.4 is 15.0 Å². The number of carbonyl (C=O) groups is 1. The summed E-state index contributed by atoms with van der Waals surface area (Å²) in [6, 6.07) is 14.4. The molecule has 0 atom stereocenters.